The van der Waals surface area contributed by atoms with E-state index < -0.39 is 10.0 Å². The molecule has 3 rings (SSSR count). The van der Waals surface area contributed by atoms with E-state index in [-0.39, 0.29) is 5.91 Å². The molecule has 0 saturated heterocycles. The van der Waals surface area contributed by atoms with Crippen LogP contribution in [0.4, 0.5) is 11.4 Å². The van der Waals surface area contributed by atoms with Gasteiger partial charge in [-0.25, -0.2) is 8.42 Å². The van der Waals surface area contributed by atoms with E-state index in [0.717, 1.165) is 11.1 Å². The lowest BCUT2D eigenvalue weighted by Crippen LogP contribution is -2.27. The van der Waals surface area contributed by atoms with E-state index in [0.29, 0.717) is 48.7 Å². The fourth-order valence-corrected chi connectivity index (χ4v) is 4.27. The zero-order chi connectivity index (χ0) is 20.3. The van der Waals surface area contributed by atoms with Gasteiger partial charge < -0.3 is 14.8 Å². The first kappa shape index (κ1) is 20.0. The van der Waals surface area contributed by atoms with E-state index in [9.17, 15) is 13.2 Å². The monoisotopic (exact) mass is 404 g/mol. The van der Waals surface area contributed by atoms with Gasteiger partial charge in [0.2, 0.25) is 15.9 Å². The second-order valence-electron chi connectivity index (χ2n) is 6.67. The molecule has 0 aromatic heterocycles. The molecular formula is C20H24N2O5S. The number of anilines is 2. The third kappa shape index (κ3) is 4.39. The summed E-state index contributed by atoms with van der Waals surface area (Å²) in [6, 6.07) is 10.9. The number of methoxy groups -OCH3 is 2. The second-order valence-corrected chi connectivity index (χ2v) is 8.57. The number of fused-ring (bicyclic) bond motifs is 1. The van der Waals surface area contributed by atoms with E-state index in [2.05, 4.69) is 5.32 Å². The van der Waals surface area contributed by atoms with Gasteiger partial charge in [0.15, 0.2) is 11.5 Å². The predicted octanol–water partition coefficient (Wildman–Crippen LogP) is 2.60. The van der Waals surface area contributed by atoms with Crippen molar-refractivity contribution in [2.75, 3.05) is 36.6 Å². The van der Waals surface area contributed by atoms with Gasteiger partial charge in [0, 0.05) is 18.7 Å². The molecule has 0 aliphatic carbocycles. The highest BCUT2D eigenvalue weighted by molar-refractivity contribution is 7.92. The van der Waals surface area contributed by atoms with Crippen LogP contribution in [-0.4, -0.2) is 41.3 Å². The summed E-state index contributed by atoms with van der Waals surface area (Å²) in [5.74, 6) is 1.18. The first-order valence-electron chi connectivity index (χ1n) is 8.93. The van der Waals surface area contributed by atoms with Gasteiger partial charge in [0.25, 0.3) is 0 Å². The highest BCUT2D eigenvalue weighted by Crippen LogP contribution is 2.32. The lowest BCUT2D eigenvalue weighted by atomic mass is 10.1. The first-order valence-corrected chi connectivity index (χ1v) is 10.8. The maximum atomic E-state index is 12.3. The molecule has 1 heterocycles. The SMILES string of the molecule is COc1ccc(CCC(=O)Nc2ccc3c(c2)CCN3S(C)(=O)=O)cc1OC. The summed E-state index contributed by atoms with van der Waals surface area (Å²) in [5.41, 5.74) is 3.26. The minimum absolute atomic E-state index is 0.104. The van der Waals surface area contributed by atoms with E-state index in [1.807, 2.05) is 24.3 Å². The topological polar surface area (TPSA) is 84.9 Å². The predicted molar refractivity (Wildman–Crippen MR) is 109 cm³/mol. The molecule has 8 heteroatoms. The molecule has 0 saturated carbocycles. The van der Waals surface area contributed by atoms with E-state index in [1.54, 1.807) is 26.4 Å². The normalized spacial score (nSPS) is 13.2. The molecule has 1 amide bonds. The minimum atomic E-state index is -3.28. The molecule has 2 aromatic rings. The zero-order valence-corrected chi connectivity index (χ0v) is 17.0. The Labute approximate surface area is 165 Å². The van der Waals surface area contributed by atoms with Crippen LogP contribution in [0.15, 0.2) is 36.4 Å². The third-order valence-corrected chi connectivity index (χ3v) is 5.89. The molecule has 150 valence electrons. The average Bonchev–Trinajstić information content (AvgIpc) is 3.09. The fraction of sp³-hybridized carbons (Fsp3) is 0.350. The molecule has 28 heavy (non-hydrogen) atoms. The fourth-order valence-electron chi connectivity index (χ4n) is 3.31. The highest BCUT2D eigenvalue weighted by atomic mass is 32.2. The van der Waals surface area contributed by atoms with Crippen molar-refractivity contribution in [2.45, 2.75) is 19.3 Å². The molecule has 0 bridgehead atoms. The Morgan fingerprint density at radius 1 is 1.11 bits per heavy atom. The largest absolute Gasteiger partial charge is 0.493 e. The Balaban J connectivity index is 1.62. The number of hydrogen-bond donors (Lipinski definition) is 1. The maximum Gasteiger partial charge on any atom is 0.232 e. The lowest BCUT2D eigenvalue weighted by Gasteiger charge is -2.16. The number of ether oxygens (including phenoxy) is 2. The van der Waals surface area contributed by atoms with Gasteiger partial charge >= 0.3 is 0 Å². The molecule has 0 atom stereocenters. The van der Waals surface area contributed by atoms with Gasteiger partial charge in [-0.3, -0.25) is 9.10 Å². The Kier molecular flexibility index (Phi) is 5.79. The van der Waals surface area contributed by atoms with Crippen LogP contribution in [0.2, 0.25) is 0 Å². The van der Waals surface area contributed by atoms with Crippen molar-refractivity contribution in [3.8, 4) is 11.5 Å². The van der Waals surface area contributed by atoms with E-state index in [1.165, 1.54) is 10.6 Å². The minimum Gasteiger partial charge on any atom is -0.493 e. The van der Waals surface area contributed by atoms with E-state index in [4.69, 9.17) is 9.47 Å². The first-order chi connectivity index (χ1) is 13.3. The van der Waals surface area contributed by atoms with Crippen LogP contribution in [0.1, 0.15) is 17.5 Å². The number of sulfonamides is 1. The Hall–Kier alpha value is -2.74. The van der Waals surface area contributed by atoms with Crippen LogP contribution in [0.5, 0.6) is 11.5 Å². The molecule has 1 aliphatic heterocycles. The van der Waals surface area contributed by atoms with Crippen LogP contribution in [0.25, 0.3) is 0 Å². The van der Waals surface area contributed by atoms with Crippen LogP contribution in [-0.2, 0) is 27.7 Å². The molecule has 0 fully saturated rings. The summed E-state index contributed by atoms with van der Waals surface area (Å²) in [6.45, 7) is 0.435. The van der Waals surface area contributed by atoms with Crippen LogP contribution < -0.4 is 19.1 Å². The number of hydrogen-bond acceptors (Lipinski definition) is 5. The van der Waals surface area contributed by atoms with E-state index >= 15 is 0 Å². The number of amides is 1. The summed E-state index contributed by atoms with van der Waals surface area (Å²) in [7, 11) is -0.119. The van der Waals surface area contributed by atoms with Gasteiger partial charge in [0.1, 0.15) is 0 Å². The standard InChI is InChI=1S/C20H24N2O5S/c1-26-18-8-4-14(12-19(18)27-2)5-9-20(23)21-16-6-7-17-15(13-16)10-11-22(17)28(3,24)25/h4,6-8,12-13H,5,9-11H2,1-3H3,(H,21,23). The molecule has 0 radical (unpaired) electrons. The van der Waals surface area contributed by atoms with Gasteiger partial charge in [0.05, 0.1) is 26.2 Å². The molecular weight excluding hydrogens is 380 g/mol. The smallest absolute Gasteiger partial charge is 0.232 e. The molecule has 0 spiro atoms. The Bertz CT molecular complexity index is 988. The van der Waals surface area contributed by atoms with Crippen molar-refractivity contribution < 1.29 is 22.7 Å². The van der Waals surface area contributed by atoms with Gasteiger partial charge in [-0.15, -0.1) is 0 Å². The Morgan fingerprint density at radius 3 is 2.54 bits per heavy atom. The number of benzene rings is 2. The van der Waals surface area contributed by atoms with Crippen molar-refractivity contribution in [3.63, 3.8) is 0 Å². The summed E-state index contributed by atoms with van der Waals surface area (Å²) >= 11 is 0. The average molecular weight is 404 g/mol. The second kappa shape index (κ2) is 8.10. The van der Waals surface area contributed by atoms with Gasteiger partial charge in [-0.05, 0) is 54.3 Å². The van der Waals surface area contributed by atoms with Crippen molar-refractivity contribution >= 4 is 27.3 Å². The number of nitrogens with one attached hydrogen (secondary N) is 1. The summed E-state index contributed by atoms with van der Waals surface area (Å²) in [4.78, 5) is 12.3. The summed E-state index contributed by atoms with van der Waals surface area (Å²) in [6.07, 6.45) is 2.73. The van der Waals surface area contributed by atoms with Crippen molar-refractivity contribution in [1.29, 1.82) is 0 Å². The highest BCUT2D eigenvalue weighted by Gasteiger charge is 2.26. The van der Waals surface area contributed by atoms with Gasteiger partial charge in [-0.2, -0.15) is 0 Å². The lowest BCUT2D eigenvalue weighted by molar-refractivity contribution is -0.116. The van der Waals surface area contributed by atoms with Crippen molar-refractivity contribution in [2.24, 2.45) is 0 Å². The number of rotatable bonds is 7. The molecule has 7 nitrogen and oxygen atoms in total. The molecule has 2 aromatic carbocycles. The summed E-state index contributed by atoms with van der Waals surface area (Å²) < 4.78 is 35.5. The van der Waals surface area contributed by atoms with Crippen LogP contribution in [0.3, 0.4) is 0 Å². The summed E-state index contributed by atoms with van der Waals surface area (Å²) in [5, 5.41) is 2.88. The number of carbonyl (C=O) groups is 1. The van der Waals surface area contributed by atoms with Gasteiger partial charge in [-0.1, -0.05) is 6.07 Å². The molecule has 1 aliphatic rings. The zero-order valence-electron chi connectivity index (χ0n) is 16.2. The molecule has 1 N–H and O–H groups in total. The number of carbonyl (C=O) groups excluding carboxylic acids is 1. The quantitative estimate of drug-likeness (QED) is 0.767. The maximum absolute atomic E-state index is 12.3. The Morgan fingerprint density at radius 2 is 1.86 bits per heavy atom. The van der Waals surface area contributed by atoms with Crippen molar-refractivity contribution in [3.05, 3.63) is 47.5 Å². The van der Waals surface area contributed by atoms with Crippen LogP contribution in [0, 0.1) is 0 Å². The van der Waals surface area contributed by atoms with Crippen molar-refractivity contribution in [1.82, 2.24) is 0 Å². The number of aryl methyl sites for hydroxylation is 1. The third-order valence-electron chi connectivity index (χ3n) is 4.71. The molecule has 0 unspecified atom stereocenters. The van der Waals surface area contributed by atoms with Crippen LogP contribution >= 0.6 is 0 Å². The number of nitrogens with zero attached hydrogens (tertiary/aromatic N) is 1.